The summed E-state index contributed by atoms with van der Waals surface area (Å²) in [7, 11) is 8.13. The van der Waals surface area contributed by atoms with Crippen LogP contribution in [0, 0.1) is 13.8 Å². The van der Waals surface area contributed by atoms with Gasteiger partial charge in [0.15, 0.2) is 0 Å². The molecule has 1 fully saturated rings. The third-order valence-electron chi connectivity index (χ3n) is 7.68. The summed E-state index contributed by atoms with van der Waals surface area (Å²) in [6, 6.07) is 16.3. The van der Waals surface area contributed by atoms with Crippen LogP contribution in [0.1, 0.15) is 24.2 Å². The summed E-state index contributed by atoms with van der Waals surface area (Å²) < 4.78 is 0. The standard InChI is InChI=1S/C32H38N10O/c1-19-15-28(40(3)4)24-17-21(7-9-26(24)33-19)35-30-37-31(39-32(38-30)42-13-11-23(43)12-14-42)36-22-8-10-27-25(18-22)29(41(5)6)16-20(2)34-27/h7-10,15-18,23,43H,11-14H2,1-6H3,(H2,35,36,37,38,39). The van der Waals surface area contributed by atoms with E-state index >= 15 is 0 Å². The van der Waals surface area contributed by atoms with Gasteiger partial charge in [0.05, 0.1) is 17.1 Å². The molecule has 43 heavy (non-hydrogen) atoms. The molecular formula is C32H38N10O. The molecule has 0 atom stereocenters. The van der Waals surface area contributed by atoms with E-state index in [0.717, 1.165) is 55.9 Å². The first-order valence-corrected chi connectivity index (χ1v) is 14.5. The molecule has 11 heteroatoms. The van der Waals surface area contributed by atoms with E-state index in [2.05, 4.69) is 49.6 Å². The average Bonchev–Trinajstić information content (AvgIpc) is 2.96. The van der Waals surface area contributed by atoms with E-state index < -0.39 is 0 Å². The van der Waals surface area contributed by atoms with Gasteiger partial charge in [-0.05, 0) is 75.2 Å². The van der Waals surface area contributed by atoms with Crippen LogP contribution in [-0.4, -0.2) is 77.4 Å². The van der Waals surface area contributed by atoms with Crippen LogP contribution in [0.5, 0.6) is 0 Å². The van der Waals surface area contributed by atoms with E-state index in [1.807, 2.05) is 66.3 Å². The van der Waals surface area contributed by atoms with Crippen LogP contribution in [0.2, 0.25) is 0 Å². The lowest BCUT2D eigenvalue weighted by Crippen LogP contribution is -2.37. The molecule has 0 radical (unpaired) electrons. The van der Waals surface area contributed by atoms with Crippen molar-refractivity contribution in [2.75, 3.05) is 66.6 Å². The number of aliphatic hydroxyl groups excluding tert-OH is 1. The predicted molar refractivity (Wildman–Crippen MR) is 175 cm³/mol. The Bertz CT molecular complexity index is 1680. The number of hydrogen-bond acceptors (Lipinski definition) is 11. The molecule has 2 aromatic carbocycles. The summed E-state index contributed by atoms with van der Waals surface area (Å²) >= 11 is 0. The maximum Gasteiger partial charge on any atom is 0.233 e. The molecule has 4 heterocycles. The van der Waals surface area contributed by atoms with Crippen molar-refractivity contribution in [1.29, 1.82) is 0 Å². The second-order valence-electron chi connectivity index (χ2n) is 11.6. The lowest BCUT2D eigenvalue weighted by molar-refractivity contribution is 0.145. The molecule has 0 spiro atoms. The summed E-state index contributed by atoms with van der Waals surface area (Å²) in [5, 5.41) is 19.0. The highest BCUT2D eigenvalue weighted by atomic mass is 16.3. The zero-order valence-electron chi connectivity index (χ0n) is 25.5. The van der Waals surface area contributed by atoms with Crippen molar-refractivity contribution in [3.05, 3.63) is 59.9 Å². The Morgan fingerprint density at radius 1 is 0.674 bits per heavy atom. The quantitative estimate of drug-likeness (QED) is 0.237. The third-order valence-corrected chi connectivity index (χ3v) is 7.68. The number of nitrogens with one attached hydrogen (secondary N) is 2. The minimum absolute atomic E-state index is 0.297. The number of benzene rings is 2. The van der Waals surface area contributed by atoms with E-state index in [1.54, 1.807) is 0 Å². The number of aromatic nitrogens is 5. The lowest BCUT2D eigenvalue weighted by atomic mass is 10.1. The number of nitrogens with zero attached hydrogens (tertiary/aromatic N) is 8. The molecule has 5 aromatic rings. The van der Waals surface area contributed by atoms with Crippen LogP contribution in [0.3, 0.4) is 0 Å². The molecule has 0 bridgehead atoms. The molecule has 1 aliphatic rings. The van der Waals surface area contributed by atoms with Crippen LogP contribution < -0.4 is 25.3 Å². The summed E-state index contributed by atoms with van der Waals surface area (Å²) in [5.74, 6) is 1.42. The minimum atomic E-state index is -0.297. The fourth-order valence-corrected chi connectivity index (χ4v) is 5.51. The first-order chi connectivity index (χ1) is 20.6. The first-order valence-electron chi connectivity index (χ1n) is 14.5. The largest absolute Gasteiger partial charge is 0.393 e. The van der Waals surface area contributed by atoms with Gasteiger partial charge in [-0.15, -0.1) is 0 Å². The van der Waals surface area contributed by atoms with Gasteiger partial charge in [-0.25, -0.2) is 0 Å². The number of rotatable bonds is 7. The molecule has 222 valence electrons. The minimum Gasteiger partial charge on any atom is -0.393 e. The molecule has 0 saturated carbocycles. The van der Waals surface area contributed by atoms with Crippen LogP contribution in [-0.2, 0) is 0 Å². The zero-order valence-corrected chi connectivity index (χ0v) is 25.5. The molecule has 1 aliphatic heterocycles. The van der Waals surface area contributed by atoms with Crippen molar-refractivity contribution in [2.45, 2.75) is 32.8 Å². The number of pyridine rings is 2. The van der Waals surface area contributed by atoms with Crippen molar-refractivity contribution < 1.29 is 5.11 Å². The predicted octanol–water partition coefficient (Wildman–Crippen LogP) is 5.17. The van der Waals surface area contributed by atoms with Gasteiger partial charge in [-0.3, -0.25) is 9.97 Å². The normalized spacial score (nSPS) is 13.9. The molecule has 3 aromatic heterocycles. The Hall–Kier alpha value is -4.77. The number of aliphatic hydroxyl groups is 1. The van der Waals surface area contributed by atoms with Crippen LogP contribution >= 0.6 is 0 Å². The van der Waals surface area contributed by atoms with Gasteiger partial charge >= 0.3 is 0 Å². The maximum atomic E-state index is 10.1. The van der Waals surface area contributed by atoms with Gasteiger partial charge in [-0.2, -0.15) is 15.0 Å². The number of anilines is 7. The summed E-state index contributed by atoms with van der Waals surface area (Å²) in [4.78, 5) is 30.1. The number of piperidine rings is 1. The average molecular weight is 579 g/mol. The third kappa shape index (κ3) is 6.07. The van der Waals surface area contributed by atoms with Crippen molar-refractivity contribution in [1.82, 2.24) is 24.9 Å². The highest BCUT2D eigenvalue weighted by Crippen LogP contribution is 2.31. The second-order valence-corrected chi connectivity index (χ2v) is 11.6. The van der Waals surface area contributed by atoms with E-state index in [1.165, 1.54) is 0 Å². The van der Waals surface area contributed by atoms with Gasteiger partial charge < -0.3 is 30.4 Å². The molecule has 1 saturated heterocycles. The molecule has 3 N–H and O–H groups in total. The van der Waals surface area contributed by atoms with Crippen molar-refractivity contribution in [2.24, 2.45) is 0 Å². The molecule has 0 amide bonds. The fourth-order valence-electron chi connectivity index (χ4n) is 5.51. The Morgan fingerprint density at radius 2 is 1.14 bits per heavy atom. The first kappa shape index (κ1) is 28.4. The molecular weight excluding hydrogens is 540 g/mol. The summed E-state index contributed by atoms with van der Waals surface area (Å²) in [6.07, 6.45) is 1.05. The molecule has 6 rings (SSSR count). The SMILES string of the molecule is Cc1cc(N(C)C)c2cc(Nc3nc(Nc4ccc5nc(C)cc(N(C)C)c5c4)nc(N4CCC(O)CC4)n3)ccc2n1. The molecule has 0 aliphatic carbocycles. The number of aryl methyl sites for hydroxylation is 2. The van der Waals surface area contributed by atoms with E-state index in [9.17, 15) is 5.11 Å². The Labute approximate surface area is 251 Å². The van der Waals surface area contributed by atoms with Crippen LogP contribution in [0.15, 0.2) is 48.5 Å². The van der Waals surface area contributed by atoms with Gasteiger partial charge in [0.1, 0.15) is 0 Å². The molecule has 11 nitrogen and oxygen atoms in total. The van der Waals surface area contributed by atoms with E-state index in [0.29, 0.717) is 43.8 Å². The second kappa shape index (κ2) is 11.5. The fraction of sp³-hybridized carbons (Fsp3) is 0.344. The van der Waals surface area contributed by atoms with Gasteiger partial charge in [0, 0.05) is 86.2 Å². The monoisotopic (exact) mass is 578 g/mol. The maximum absolute atomic E-state index is 10.1. The van der Waals surface area contributed by atoms with Crippen molar-refractivity contribution >= 4 is 62.4 Å². The van der Waals surface area contributed by atoms with Gasteiger partial charge in [-0.1, -0.05) is 0 Å². The van der Waals surface area contributed by atoms with Crippen LogP contribution in [0.25, 0.3) is 21.8 Å². The smallest absolute Gasteiger partial charge is 0.233 e. The van der Waals surface area contributed by atoms with Crippen molar-refractivity contribution in [3.8, 4) is 0 Å². The van der Waals surface area contributed by atoms with Gasteiger partial charge in [0.25, 0.3) is 0 Å². The lowest BCUT2D eigenvalue weighted by Gasteiger charge is -2.29. The summed E-state index contributed by atoms with van der Waals surface area (Å²) in [5.41, 5.74) is 7.68. The topological polar surface area (TPSA) is 118 Å². The summed E-state index contributed by atoms with van der Waals surface area (Å²) in [6.45, 7) is 5.36. The molecule has 0 unspecified atom stereocenters. The van der Waals surface area contributed by atoms with Gasteiger partial charge in [0.2, 0.25) is 17.8 Å². The Kier molecular flexibility index (Phi) is 7.57. The zero-order chi connectivity index (χ0) is 30.2. The highest BCUT2D eigenvalue weighted by Gasteiger charge is 2.21. The number of fused-ring (bicyclic) bond motifs is 2. The van der Waals surface area contributed by atoms with E-state index in [4.69, 9.17) is 24.9 Å². The van der Waals surface area contributed by atoms with E-state index in [-0.39, 0.29) is 6.10 Å². The van der Waals surface area contributed by atoms with Crippen LogP contribution in [0.4, 0.5) is 40.6 Å². The highest BCUT2D eigenvalue weighted by molar-refractivity contribution is 5.95. The number of hydrogen-bond donors (Lipinski definition) is 3. The Balaban J connectivity index is 1.37. The Morgan fingerprint density at radius 3 is 1.58 bits per heavy atom. The van der Waals surface area contributed by atoms with Crippen molar-refractivity contribution in [3.63, 3.8) is 0 Å².